The smallest absolute Gasteiger partial charge is 0.414 e. The number of hydrogen-bond acceptors (Lipinski definition) is 6. The molecule has 2 aliphatic rings. The van der Waals surface area contributed by atoms with E-state index >= 15 is 0 Å². The predicted octanol–water partition coefficient (Wildman–Crippen LogP) is 1.95. The van der Waals surface area contributed by atoms with Crippen molar-refractivity contribution < 1.29 is 23.8 Å². The van der Waals surface area contributed by atoms with E-state index in [9.17, 15) is 9.59 Å². The minimum absolute atomic E-state index is 0.0308. The zero-order valence-corrected chi connectivity index (χ0v) is 14.0. The van der Waals surface area contributed by atoms with Gasteiger partial charge in [0.1, 0.15) is 12.2 Å². The van der Waals surface area contributed by atoms with E-state index in [0.717, 1.165) is 6.42 Å². The minimum atomic E-state index is -1.18. The molecule has 3 unspecified atom stereocenters. The second-order valence-corrected chi connectivity index (χ2v) is 6.83. The molecule has 1 amide bonds. The molecular formula is C15H24N2O5. The maximum atomic E-state index is 12.6. The van der Waals surface area contributed by atoms with E-state index in [1.54, 1.807) is 20.8 Å². The molecule has 1 fully saturated rings. The van der Waals surface area contributed by atoms with Crippen LogP contribution in [-0.4, -0.2) is 53.9 Å². The molecule has 0 radical (unpaired) electrons. The van der Waals surface area contributed by atoms with Gasteiger partial charge in [-0.25, -0.2) is 14.6 Å². The third-order valence-electron chi connectivity index (χ3n) is 3.85. The van der Waals surface area contributed by atoms with Gasteiger partial charge in [-0.15, -0.1) is 0 Å². The summed E-state index contributed by atoms with van der Waals surface area (Å²) < 4.78 is 16.0. The lowest BCUT2D eigenvalue weighted by Crippen LogP contribution is -2.52. The van der Waals surface area contributed by atoms with Crippen LogP contribution in [0.2, 0.25) is 0 Å². The number of likely N-dealkylation sites (tertiary alicyclic amines) is 1. The van der Waals surface area contributed by atoms with E-state index < -0.39 is 23.5 Å². The van der Waals surface area contributed by atoms with Crippen LogP contribution >= 0.6 is 0 Å². The molecule has 7 nitrogen and oxygen atoms in total. The monoisotopic (exact) mass is 312 g/mol. The standard InChI is InChI=1S/C15H24N2O5/c1-9-7-10(2)17(13(19)22-14(3,4)5)15(9)16-11(8-21-15)12(18)20-6/h9-10H,7-8H2,1-6H3. The van der Waals surface area contributed by atoms with Crippen molar-refractivity contribution in [2.24, 2.45) is 10.9 Å². The maximum absolute atomic E-state index is 12.6. The summed E-state index contributed by atoms with van der Waals surface area (Å²) in [6.45, 7) is 9.32. The summed E-state index contributed by atoms with van der Waals surface area (Å²) in [5.74, 6) is -1.75. The zero-order valence-electron chi connectivity index (χ0n) is 14.0. The molecule has 0 aromatic carbocycles. The number of esters is 1. The van der Waals surface area contributed by atoms with Crippen LogP contribution in [0.1, 0.15) is 41.0 Å². The van der Waals surface area contributed by atoms with Crippen LogP contribution in [0, 0.1) is 5.92 Å². The van der Waals surface area contributed by atoms with E-state index in [4.69, 9.17) is 14.2 Å². The van der Waals surface area contributed by atoms with Gasteiger partial charge in [0.15, 0.2) is 5.71 Å². The van der Waals surface area contributed by atoms with Crippen LogP contribution in [0.25, 0.3) is 0 Å². The van der Waals surface area contributed by atoms with Gasteiger partial charge in [0, 0.05) is 12.0 Å². The number of amides is 1. The molecular weight excluding hydrogens is 288 g/mol. The molecule has 3 atom stereocenters. The second kappa shape index (κ2) is 5.53. The number of aliphatic imine (C=N–C) groups is 1. The fraction of sp³-hybridized carbons (Fsp3) is 0.800. The highest BCUT2D eigenvalue weighted by molar-refractivity contribution is 6.37. The SMILES string of the molecule is COC(=O)C1=NC2(OC1)C(C)CC(C)N2C(=O)OC(C)(C)C. The Bertz CT molecular complexity index is 511. The minimum Gasteiger partial charge on any atom is -0.464 e. The highest BCUT2D eigenvalue weighted by atomic mass is 16.6. The number of nitrogens with zero attached hydrogens (tertiary/aromatic N) is 2. The van der Waals surface area contributed by atoms with Crippen LogP contribution in [-0.2, 0) is 19.0 Å². The molecule has 0 aliphatic carbocycles. The first-order chi connectivity index (χ1) is 10.1. The number of ether oxygens (including phenoxy) is 3. The molecule has 2 aliphatic heterocycles. The number of rotatable bonds is 1. The lowest BCUT2D eigenvalue weighted by Gasteiger charge is -2.36. The van der Waals surface area contributed by atoms with Crippen LogP contribution < -0.4 is 0 Å². The van der Waals surface area contributed by atoms with Gasteiger partial charge in [-0.05, 0) is 34.1 Å². The van der Waals surface area contributed by atoms with E-state index in [1.165, 1.54) is 12.0 Å². The number of methoxy groups -OCH3 is 1. The lowest BCUT2D eigenvalue weighted by atomic mass is 10.0. The third-order valence-corrected chi connectivity index (χ3v) is 3.85. The van der Waals surface area contributed by atoms with Gasteiger partial charge in [-0.3, -0.25) is 4.90 Å². The van der Waals surface area contributed by atoms with E-state index in [2.05, 4.69) is 4.99 Å². The summed E-state index contributed by atoms with van der Waals surface area (Å²) >= 11 is 0. The van der Waals surface area contributed by atoms with E-state index in [-0.39, 0.29) is 24.3 Å². The number of hydrogen-bond donors (Lipinski definition) is 0. The van der Waals surface area contributed by atoms with Gasteiger partial charge in [-0.1, -0.05) is 6.92 Å². The van der Waals surface area contributed by atoms with Crippen LogP contribution in [0.3, 0.4) is 0 Å². The Kier molecular flexibility index (Phi) is 4.21. The van der Waals surface area contributed by atoms with Crippen molar-refractivity contribution in [2.75, 3.05) is 13.7 Å². The van der Waals surface area contributed by atoms with Gasteiger partial charge in [0.25, 0.3) is 0 Å². The first-order valence-electron chi connectivity index (χ1n) is 7.44. The molecule has 0 saturated carbocycles. The van der Waals surface area contributed by atoms with Crippen LogP contribution in [0.4, 0.5) is 4.79 Å². The summed E-state index contributed by atoms with van der Waals surface area (Å²) in [5.41, 5.74) is -0.422. The predicted molar refractivity (Wildman–Crippen MR) is 79.5 cm³/mol. The Balaban J connectivity index is 2.34. The van der Waals surface area contributed by atoms with Crippen molar-refractivity contribution in [1.29, 1.82) is 0 Å². The summed E-state index contributed by atoms with van der Waals surface area (Å²) in [6, 6.07) is -0.0920. The number of carbonyl (C=O) groups excluding carboxylic acids is 2. The average Bonchev–Trinajstić information content (AvgIpc) is 2.91. The quantitative estimate of drug-likeness (QED) is 0.692. The van der Waals surface area contributed by atoms with Crippen molar-refractivity contribution in [3.63, 3.8) is 0 Å². The normalized spacial score (nSPS) is 31.4. The van der Waals surface area contributed by atoms with Gasteiger partial charge >= 0.3 is 12.1 Å². The molecule has 22 heavy (non-hydrogen) atoms. The summed E-state index contributed by atoms with van der Waals surface area (Å²) in [7, 11) is 1.29. The Morgan fingerprint density at radius 1 is 1.36 bits per heavy atom. The fourth-order valence-corrected chi connectivity index (χ4v) is 2.98. The Labute approximate surface area is 130 Å². The van der Waals surface area contributed by atoms with Crippen LogP contribution in [0.15, 0.2) is 4.99 Å². The molecule has 124 valence electrons. The van der Waals surface area contributed by atoms with Gasteiger partial charge < -0.3 is 14.2 Å². The van der Waals surface area contributed by atoms with Crippen molar-refractivity contribution >= 4 is 17.8 Å². The highest BCUT2D eigenvalue weighted by Gasteiger charge is 2.58. The first kappa shape index (κ1) is 16.7. The molecule has 7 heteroatoms. The van der Waals surface area contributed by atoms with Crippen molar-refractivity contribution in [3.8, 4) is 0 Å². The van der Waals surface area contributed by atoms with Crippen molar-refractivity contribution in [2.45, 2.75) is 58.5 Å². The fourth-order valence-electron chi connectivity index (χ4n) is 2.98. The summed E-state index contributed by atoms with van der Waals surface area (Å²) in [4.78, 5) is 30.1. The molecule has 0 aromatic rings. The molecule has 0 bridgehead atoms. The van der Waals surface area contributed by atoms with Crippen molar-refractivity contribution in [3.05, 3.63) is 0 Å². The largest absolute Gasteiger partial charge is 0.464 e. The zero-order chi connectivity index (χ0) is 16.7. The molecule has 2 heterocycles. The molecule has 1 spiro atoms. The average molecular weight is 312 g/mol. The Hall–Kier alpha value is -1.63. The molecule has 2 rings (SSSR count). The summed E-state index contributed by atoms with van der Waals surface area (Å²) in [5, 5.41) is 0. The Morgan fingerprint density at radius 2 is 2.00 bits per heavy atom. The van der Waals surface area contributed by atoms with Gasteiger partial charge in [0.2, 0.25) is 5.85 Å². The number of carbonyl (C=O) groups is 2. The first-order valence-corrected chi connectivity index (χ1v) is 7.44. The molecule has 0 aromatic heterocycles. The van der Waals surface area contributed by atoms with Gasteiger partial charge in [-0.2, -0.15) is 0 Å². The van der Waals surface area contributed by atoms with Crippen molar-refractivity contribution in [1.82, 2.24) is 4.90 Å². The molecule has 0 N–H and O–H groups in total. The second-order valence-electron chi connectivity index (χ2n) is 6.83. The highest BCUT2D eigenvalue weighted by Crippen LogP contribution is 2.44. The van der Waals surface area contributed by atoms with E-state index in [1.807, 2.05) is 13.8 Å². The lowest BCUT2D eigenvalue weighted by molar-refractivity contribution is -0.133. The third kappa shape index (κ3) is 2.82. The van der Waals surface area contributed by atoms with Gasteiger partial charge in [0.05, 0.1) is 7.11 Å². The topological polar surface area (TPSA) is 77.4 Å². The summed E-state index contributed by atoms with van der Waals surface area (Å²) in [6.07, 6.45) is 0.233. The maximum Gasteiger partial charge on any atom is 0.414 e. The van der Waals surface area contributed by atoms with E-state index in [0.29, 0.717) is 0 Å². The van der Waals surface area contributed by atoms with Crippen LogP contribution in [0.5, 0.6) is 0 Å². The Morgan fingerprint density at radius 3 is 2.55 bits per heavy atom. The molecule has 1 saturated heterocycles.